The molecule has 78 valence electrons. The van der Waals surface area contributed by atoms with Gasteiger partial charge in [0.05, 0.1) is 7.11 Å². The van der Waals surface area contributed by atoms with Gasteiger partial charge in [0.2, 0.25) is 0 Å². The van der Waals surface area contributed by atoms with Crippen LogP contribution in [0.15, 0.2) is 24.3 Å². The molecule has 0 aromatic heterocycles. The molecule has 0 bridgehead atoms. The van der Waals surface area contributed by atoms with Crippen molar-refractivity contribution in [2.45, 2.75) is 32.8 Å². The highest BCUT2D eigenvalue weighted by Crippen LogP contribution is 2.25. The first kappa shape index (κ1) is 11.2. The van der Waals surface area contributed by atoms with Crippen LogP contribution in [0.1, 0.15) is 31.9 Å². The van der Waals surface area contributed by atoms with Crippen molar-refractivity contribution in [3.63, 3.8) is 0 Å². The molecule has 0 heterocycles. The van der Waals surface area contributed by atoms with Crippen LogP contribution in [0.3, 0.4) is 0 Å². The van der Waals surface area contributed by atoms with E-state index in [1.165, 1.54) is 18.2 Å². The molecule has 1 aromatic rings. The van der Waals surface area contributed by atoms with Crippen LogP contribution in [0.5, 0.6) is 0 Å². The predicted octanol–water partition coefficient (Wildman–Crippen LogP) is 3.06. The third-order valence-corrected chi connectivity index (χ3v) is 2.16. The lowest BCUT2D eigenvalue weighted by Crippen LogP contribution is -2.14. The summed E-state index contributed by atoms with van der Waals surface area (Å²) in [6, 6.07) is 8.27. The summed E-state index contributed by atoms with van der Waals surface area (Å²) >= 11 is 0. The smallest absolute Gasteiger partial charge is 0.108 e. The molecule has 0 aliphatic heterocycles. The van der Waals surface area contributed by atoms with Gasteiger partial charge in [0.1, 0.15) is 6.61 Å². The van der Waals surface area contributed by atoms with Gasteiger partial charge >= 0.3 is 0 Å². The highest BCUT2D eigenvalue weighted by atomic mass is 17.2. The van der Waals surface area contributed by atoms with Gasteiger partial charge in [-0.1, -0.05) is 45.0 Å². The Labute approximate surface area is 85.8 Å². The molecule has 0 unspecified atom stereocenters. The molecule has 2 heteroatoms. The first-order valence-corrected chi connectivity index (χ1v) is 4.79. The number of benzene rings is 1. The van der Waals surface area contributed by atoms with E-state index >= 15 is 0 Å². The monoisotopic (exact) mass is 194 g/mol. The highest BCUT2D eigenvalue weighted by molar-refractivity contribution is 5.32. The zero-order valence-electron chi connectivity index (χ0n) is 9.33. The Morgan fingerprint density at radius 2 is 1.79 bits per heavy atom. The lowest BCUT2D eigenvalue weighted by atomic mass is 9.84. The van der Waals surface area contributed by atoms with Crippen molar-refractivity contribution in [1.82, 2.24) is 0 Å². The van der Waals surface area contributed by atoms with Gasteiger partial charge < -0.3 is 0 Å². The molecular weight excluding hydrogens is 176 g/mol. The molecule has 1 aromatic carbocycles. The molecule has 0 aliphatic carbocycles. The molecule has 0 N–H and O–H groups in total. The normalized spacial score (nSPS) is 11.7. The topological polar surface area (TPSA) is 18.5 Å². The van der Waals surface area contributed by atoms with Gasteiger partial charge in [-0.15, -0.1) is 0 Å². The Kier molecular flexibility index (Phi) is 3.67. The molecule has 0 radical (unpaired) electrons. The van der Waals surface area contributed by atoms with Gasteiger partial charge in [-0.3, -0.25) is 0 Å². The average molecular weight is 194 g/mol. The van der Waals surface area contributed by atoms with Gasteiger partial charge in [-0.2, -0.15) is 0 Å². The van der Waals surface area contributed by atoms with Crippen LogP contribution in [0.25, 0.3) is 0 Å². The third kappa shape index (κ3) is 2.82. The second-order valence-corrected chi connectivity index (χ2v) is 4.34. The summed E-state index contributed by atoms with van der Waals surface area (Å²) in [6.07, 6.45) is 0. The van der Waals surface area contributed by atoms with Crippen molar-refractivity contribution in [3.8, 4) is 0 Å². The first-order valence-electron chi connectivity index (χ1n) is 4.79. The molecule has 0 saturated heterocycles. The molecule has 2 nitrogen and oxygen atoms in total. The van der Waals surface area contributed by atoms with Crippen LogP contribution in [0.4, 0.5) is 0 Å². The van der Waals surface area contributed by atoms with Crippen molar-refractivity contribution >= 4 is 0 Å². The van der Waals surface area contributed by atoms with Gasteiger partial charge in [-0.05, 0) is 16.5 Å². The molecule has 0 spiro atoms. The molecule has 0 fully saturated rings. The first-order chi connectivity index (χ1) is 6.55. The highest BCUT2D eigenvalue weighted by Gasteiger charge is 2.16. The van der Waals surface area contributed by atoms with Gasteiger partial charge in [0.15, 0.2) is 0 Å². The van der Waals surface area contributed by atoms with E-state index in [4.69, 9.17) is 4.89 Å². The summed E-state index contributed by atoms with van der Waals surface area (Å²) in [6.45, 7) is 7.08. The molecule has 14 heavy (non-hydrogen) atoms. The van der Waals surface area contributed by atoms with Gasteiger partial charge in [-0.25, -0.2) is 9.78 Å². The van der Waals surface area contributed by atoms with E-state index < -0.39 is 0 Å². The minimum absolute atomic E-state index is 0.147. The molecule has 0 aliphatic rings. The fraction of sp³-hybridized carbons (Fsp3) is 0.500. The van der Waals surface area contributed by atoms with Crippen molar-refractivity contribution in [3.05, 3.63) is 35.4 Å². The van der Waals surface area contributed by atoms with E-state index in [-0.39, 0.29) is 5.41 Å². The van der Waals surface area contributed by atoms with Gasteiger partial charge in [0, 0.05) is 0 Å². The summed E-state index contributed by atoms with van der Waals surface area (Å²) in [4.78, 5) is 9.57. The van der Waals surface area contributed by atoms with Crippen molar-refractivity contribution in [2.75, 3.05) is 7.11 Å². The maximum Gasteiger partial charge on any atom is 0.108 e. The number of hydrogen-bond donors (Lipinski definition) is 0. The van der Waals surface area contributed by atoms with E-state index in [9.17, 15) is 0 Å². The third-order valence-electron chi connectivity index (χ3n) is 2.16. The minimum atomic E-state index is 0.147. The summed E-state index contributed by atoms with van der Waals surface area (Å²) in [5, 5.41) is 0. The fourth-order valence-electron chi connectivity index (χ4n) is 1.50. The van der Waals surface area contributed by atoms with Crippen LogP contribution < -0.4 is 0 Å². The van der Waals surface area contributed by atoms with E-state index in [1.807, 2.05) is 6.07 Å². The summed E-state index contributed by atoms with van der Waals surface area (Å²) in [7, 11) is 1.53. The summed E-state index contributed by atoms with van der Waals surface area (Å²) in [5.41, 5.74) is 2.63. The van der Waals surface area contributed by atoms with E-state index in [0.717, 1.165) is 0 Å². The largest absolute Gasteiger partial charge is 0.240 e. The van der Waals surface area contributed by atoms with E-state index in [1.54, 1.807) is 0 Å². The average Bonchev–Trinajstić information content (AvgIpc) is 2.14. The summed E-state index contributed by atoms with van der Waals surface area (Å²) < 4.78 is 0. The quantitative estimate of drug-likeness (QED) is 0.544. The molecule has 0 amide bonds. The van der Waals surface area contributed by atoms with Crippen LogP contribution in [0, 0.1) is 0 Å². The zero-order valence-corrected chi connectivity index (χ0v) is 9.33. The van der Waals surface area contributed by atoms with Crippen LogP contribution in [0.2, 0.25) is 0 Å². The van der Waals surface area contributed by atoms with E-state index in [2.05, 4.69) is 43.9 Å². The Hall–Kier alpha value is -0.860. The molecule has 0 saturated carbocycles. The molecule has 0 atom stereocenters. The Morgan fingerprint density at radius 1 is 1.14 bits per heavy atom. The second-order valence-electron chi connectivity index (χ2n) is 4.34. The van der Waals surface area contributed by atoms with Crippen LogP contribution in [-0.2, 0) is 21.8 Å². The Balaban J connectivity index is 2.92. The predicted molar refractivity (Wildman–Crippen MR) is 56.9 cm³/mol. The maximum atomic E-state index is 4.96. The minimum Gasteiger partial charge on any atom is -0.240 e. The Morgan fingerprint density at radius 3 is 2.36 bits per heavy atom. The Bertz CT molecular complexity index is 287. The van der Waals surface area contributed by atoms with Crippen LogP contribution in [-0.4, -0.2) is 7.11 Å². The number of hydrogen-bond acceptors (Lipinski definition) is 2. The molecular formula is C12H18O2. The van der Waals surface area contributed by atoms with Crippen molar-refractivity contribution in [2.24, 2.45) is 0 Å². The lowest BCUT2D eigenvalue weighted by Gasteiger charge is -2.22. The standard InChI is InChI=1S/C12H18O2/c1-12(2,3)11-8-6-5-7-10(11)9-14-13-4/h5-8H,9H2,1-4H3. The van der Waals surface area contributed by atoms with Crippen molar-refractivity contribution in [1.29, 1.82) is 0 Å². The van der Waals surface area contributed by atoms with E-state index in [0.29, 0.717) is 6.61 Å². The van der Waals surface area contributed by atoms with Gasteiger partial charge in [0.25, 0.3) is 0 Å². The lowest BCUT2D eigenvalue weighted by molar-refractivity contribution is -0.282. The second kappa shape index (κ2) is 4.58. The zero-order chi connectivity index (χ0) is 10.6. The van der Waals surface area contributed by atoms with Crippen molar-refractivity contribution < 1.29 is 9.78 Å². The molecule has 1 rings (SSSR count). The fourth-order valence-corrected chi connectivity index (χ4v) is 1.50. The van der Waals surface area contributed by atoms with Crippen LogP contribution >= 0.6 is 0 Å². The summed E-state index contributed by atoms with van der Waals surface area (Å²) in [5.74, 6) is 0. The SMILES string of the molecule is COOCc1ccccc1C(C)(C)C. The maximum absolute atomic E-state index is 4.96. The number of rotatable bonds is 3.